The average Bonchev–Trinajstić information content (AvgIpc) is 2.37. The van der Waals surface area contributed by atoms with Gasteiger partial charge in [-0.2, -0.15) is 0 Å². The Bertz CT molecular complexity index is 451. The molecule has 0 saturated heterocycles. The molecule has 2 atom stereocenters. The summed E-state index contributed by atoms with van der Waals surface area (Å²) in [4.78, 5) is 11.8. The molecular weight excluding hydrogens is 240 g/mol. The Morgan fingerprint density at radius 1 is 1.44 bits per heavy atom. The number of rotatable bonds is 4. The van der Waals surface area contributed by atoms with E-state index in [0.29, 0.717) is 0 Å². The maximum absolute atomic E-state index is 13.2. The minimum Gasteiger partial charge on any atom is -0.395 e. The second-order valence-corrected chi connectivity index (χ2v) is 4.22. The quantitative estimate of drug-likeness (QED) is 0.720. The Hall–Kier alpha value is -1.69. The molecule has 0 bridgehead atoms. The first-order chi connectivity index (χ1) is 8.38. The molecule has 0 aliphatic rings. The van der Waals surface area contributed by atoms with Crippen molar-refractivity contribution in [3.05, 3.63) is 23.8 Å². The normalized spacial score (nSPS) is 14.1. The molecule has 0 aromatic heterocycles. The lowest BCUT2D eigenvalue weighted by molar-refractivity contribution is -0.118. The third kappa shape index (κ3) is 2.95. The van der Waals surface area contributed by atoms with E-state index in [1.165, 1.54) is 6.07 Å². The summed E-state index contributed by atoms with van der Waals surface area (Å²) in [7, 11) is 0. The third-order valence-electron chi connectivity index (χ3n) is 2.95. The molecule has 0 aliphatic heterocycles. The molecular formula is C12H17F2N3O. The fourth-order valence-electron chi connectivity index (χ4n) is 1.40. The molecule has 0 heterocycles. The van der Waals surface area contributed by atoms with Gasteiger partial charge in [-0.05, 0) is 18.1 Å². The Kier molecular flexibility index (Phi) is 4.61. The number of amides is 1. The predicted molar refractivity (Wildman–Crippen MR) is 66.8 cm³/mol. The molecule has 18 heavy (non-hydrogen) atoms. The fourth-order valence-corrected chi connectivity index (χ4v) is 1.40. The molecule has 1 amide bonds. The maximum atomic E-state index is 13.2. The van der Waals surface area contributed by atoms with Gasteiger partial charge in [0.25, 0.3) is 0 Å². The largest absolute Gasteiger partial charge is 0.395 e. The van der Waals surface area contributed by atoms with Crippen LogP contribution in [-0.2, 0) is 4.79 Å². The lowest BCUT2D eigenvalue weighted by Gasteiger charge is -2.18. The van der Waals surface area contributed by atoms with Gasteiger partial charge < -0.3 is 16.8 Å². The van der Waals surface area contributed by atoms with Gasteiger partial charge in [-0.1, -0.05) is 20.3 Å². The minimum absolute atomic E-state index is 0.0171. The second-order valence-electron chi connectivity index (χ2n) is 4.22. The van der Waals surface area contributed by atoms with E-state index >= 15 is 0 Å². The molecule has 4 nitrogen and oxygen atoms in total. The van der Waals surface area contributed by atoms with Gasteiger partial charge in [0.1, 0.15) is 0 Å². The fraction of sp³-hybridized carbons (Fsp3) is 0.417. The van der Waals surface area contributed by atoms with Crippen molar-refractivity contribution in [3.8, 4) is 0 Å². The number of carbonyl (C=O) groups is 1. The zero-order valence-corrected chi connectivity index (χ0v) is 10.3. The molecule has 0 saturated carbocycles. The molecule has 6 heteroatoms. The van der Waals surface area contributed by atoms with Crippen molar-refractivity contribution in [3.63, 3.8) is 0 Å². The van der Waals surface area contributed by atoms with Gasteiger partial charge in [-0.25, -0.2) is 8.78 Å². The van der Waals surface area contributed by atoms with Gasteiger partial charge in [-0.3, -0.25) is 4.79 Å². The molecule has 1 aromatic rings. The lowest BCUT2D eigenvalue weighted by Crippen LogP contribution is -2.40. The molecule has 1 rings (SSSR count). The zero-order chi connectivity index (χ0) is 13.9. The molecule has 0 spiro atoms. The van der Waals surface area contributed by atoms with Gasteiger partial charge in [0.2, 0.25) is 5.91 Å². The third-order valence-corrected chi connectivity index (χ3v) is 2.95. The summed E-state index contributed by atoms with van der Waals surface area (Å²) in [6.45, 7) is 3.74. The second kappa shape index (κ2) is 5.77. The molecule has 1 aromatic carbocycles. The van der Waals surface area contributed by atoms with Gasteiger partial charge in [0.05, 0.1) is 17.4 Å². The molecule has 1 unspecified atom stereocenters. The van der Waals surface area contributed by atoms with Crippen molar-refractivity contribution < 1.29 is 13.6 Å². The first-order valence-corrected chi connectivity index (χ1v) is 5.68. The number of halogens is 2. The van der Waals surface area contributed by atoms with E-state index in [-0.39, 0.29) is 11.6 Å². The lowest BCUT2D eigenvalue weighted by atomic mass is 9.99. The van der Waals surface area contributed by atoms with E-state index in [4.69, 9.17) is 11.5 Å². The number of benzene rings is 1. The molecule has 100 valence electrons. The topological polar surface area (TPSA) is 81.1 Å². The molecule has 0 fully saturated rings. The van der Waals surface area contributed by atoms with Crippen molar-refractivity contribution in [2.45, 2.75) is 26.3 Å². The number of hydrogen-bond acceptors (Lipinski definition) is 3. The Labute approximate surface area is 104 Å². The summed E-state index contributed by atoms with van der Waals surface area (Å²) in [5.74, 6) is -2.72. The highest BCUT2D eigenvalue weighted by Crippen LogP contribution is 2.24. The summed E-state index contributed by atoms with van der Waals surface area (Å²) in [6.07, 6.45) is 0.738. The van der Waals surface area contributed by atoms with Crippen LogP contribution in [-0.4, -0.2) is 11.9 Å². The number of anilines is 2. The van der Waals surface area contributed by atoms with Gasteiger partial charge in [-0.15, -0.1) is 0 Å². The maximum Gasteiger partial charge on any atom is 0.241 e. The Balaban J connectivity index is 2.86. The molecule has 0 radical (unpaired) electrons. The van der Waals surface area contributed by atoms with Crippen molar-refractivity contribution in [2.24, 2.45) is 11.7 Å². The van der Waals surface area contributed by atoms with E-state index < -0.39 is 29.3 Å². The number of hydrogen-bond donors (Lipinski definition) is 3. The summed E-state index contributed by atoms with van der Waals surface area (Å²) in [5.41, 5.74) is 10.7. The average molecular weight is 257 g/mol. The molecule has 0 aliphatic carbocycles. The SMILES string of the molecule is CCC(C)[C@H](N)C(=O)Nc1ccc(F)c(F)c1N. The van der Waals surface area contributed by atoms with E-state index in [1.54, 1.807) is 0 Å². The van der Waals surface area contributed by atoms with Crippen LogP contribution >= 0.6 is 0 Å². The van der Waals surface area contributed by atoms with Crippen LogP contribution in [0, 0.1) is 17.6 Å². The summed E-state index contributed by atoms with van der Waals surface area (Å²) in [5, 5.41) is 2.40. The van der Waals surface area contributed by atoms with Crippen LogP contribution in [0.2, 0.25) is 0 Å². The smallest absolute Gasteiger partial charge is 0.241 e. The number of nitrogens with one attached hydrogen (secondary N) is 1. The summed E-state index contributed by atoms with van der Waals surface area (Å²) >= 11 is 0. The van der Waals surface area contributed by atoms with E-state index in [1.807, 2.05) is 13.8 Å². The van der Waals surface area contributed by atoms with Crippen LogP contribution < -0.4 is 16.8 Å². The zero-order valence-electron chi connectivity index (χ0n) is 10.3. The van der Waals surface area contributed by atoms with Crippen molar-refractivity contribution in [2.75, 3.05) is 11.1 Å². The van der Waals surface area contributed by atoms with Gasteiger partial charge >= 0.3 is 0 Å². The van der Waals surface area contributed by atoms with Crippen LogP contribution in [0.25, 0.3) is 0 Å². The van der Waals surface area contributed by atoms with Crippen molar-refractivity contribution >= 4 is 17.3 Å². The Morgan fingerprint density at radius 3 is 2.61 bits per heavy atom. The van der Waals surface area contributed by atoms with Crippen molar-refractivity contribution in [1.82, 2.24) is 0 Å². The van der Waals surface area contributed by atoms with Crippen LogP contribution in [0.3, 0.4) is 0 Å². The number of carbonyl (C=O) groups excluding carboxylic acids is 1. The highest BCUT2D eigenvalue weighted by atomic mass is 19.2. The predicted octanol–water partition coefficient (Wildman–Crippen LogP) is 1.86. The van der Waals surface area contributed by atoms with E-state index in [9.17, 15) is 13.6 Å². The van der Waals surface area contributed by atoms with E-state index in [0.717, 1.165) is 12.5 Å². The highest BCUT2D eigenvalue weighted by molar-refractivity contribution is 5.97. The molecule has 5 N–H and O–H groups in total. The number of nitrogens with two attached hydrogens (primary N) is 2. The monoisotopic (exact) mass is 257 g/mol. The first kappa shape index (κ1) is 14.4. The van der Waals surface area contributed by atoms with Crippen LogP contribution in [0.15, 0.2) is 12.1 Å². The van der Waals surface area contributed by atoms with Crippen LogP contribution in [0.5, 0.6) is 0 Å². The highest BCUT2D eigenvalue weighted by Gasteiger charge is 2.21. The van der Waals surface area contributed by atoms with Crippen LogP contribution in [0.4, 0.5) is 20.2 Å². The van der Waals surface area contributed by atoms with Gasteiger partial charge in [0.15, 0.2) is 11.6 Å². The first-order valence-electron chi connectivity index (χ1n) is 5.68. The minimum atomic E-state index is -1.18. The standard InChI is InChI=1S/C12H17F2N3O/c1-3-6(2)10(15)12(18)17-8-5-4-7(13)9(14)11(8)16/h4-6,10H,3,15-16H2,1-2H3,(H,17,18)/t6?,10-/m0/s1. The summed E-state index contributed by atoms with van der Waals surface area (Å²) < 4.78 is 26.0. The number of nitrogen functional groups attached to an aromatic ring is 1. The van der Waals surface area contributed by atoms with Crippen LogP contribution in [0.1, 0.15) is 20.3 Å². The van der Waals surface area contributed by atoms with E-state index in [2.05, 4.69) is 5.32 Å². The Morgan fingerprint density at radius 2 is 2.06 bits per heavy atom. The van der Waals surface area contributed by atoms with Crippen molar-refractivity contribution in [1.29, 1.82) is 0 Å². The van der Waals surface area contributed by atoms with Gasteiger partial charge in [0, 0.05) is 0 Å². The summed E-state index contributed by atoms with van der Waals surface area (Å²) in [6, 6.07) is 1.38.